The first kappa shape index (κ1) is 10.0. The minimum atomic E-state index is -0.306. The van der Waals surface area contributed by atoms with Crippen LogP contribution in [0, 0.1) is 5.92 Å². The molecule has 0 saturated carbocycles. The zero-order valence-electron chi connectivity index (χ0n) is 8.59. The Kier molecular flexibility index (Phi) is 3.13. The van der Waals surface area contributed by atoms with Crippen LogP contribution in [0.3, 0.4) is 0 Å². The van der Waals surface area contributed by atoms with Crippen molar-refractivity contribution >= 4 is 0 Å². The molecule has 0 aliphatic carbocycles. The third-order valence-electron chi connectivity index (χ3n) is 2.37. The molecule has 1 fully saturated rings. The van der Waals surface area contributed by atoms with Crippen molar-refractivity contribution in [2.24, 2.45) is 5.92 Å². The molecule has 0 N–H and O–H groups in total. The van der Waals surface area contributed by atoms with Gasteiger partial charge in [0.2, 0.25) is 0 Å². The summed E-state index contributed by atoms with van der Waals surface area (Å²) in [6, 6.07) is 0. The molecule has 0 radical (unpaired) electrons. The largest absolute Gasteiger partial charge is 0.348 e. The average Bonchev–Trinajstić information content (AvgIpc) is 2.32. The third-order valence-corrected chi connectivity index (χ3v) is 2.37. The molecule has 0 bridgehead atoms. The lowest BCUT2D eigenvalue weighted by molar-refractivity contribution is -0.156. The van der Waals surface area contributed by atoms with E-state index in [1.165, 1.54) is 0 Å². The molecule has 0 aromatic carbocycles. The molecule has 0 amide bonds. The van der Waals surface area contributed by atoms with Gasteiger partial charge in [-0.05, 0) is 25.7 Å². The van der Waals surface area contributed by atoms with Crippen LogP contribution in [0.25, 0.3) is 0 Å². The first-order chi connectivity index (χ1) is 5.56. The molecule has 0 aromatic rings. The van der Waals surface area contributed by atoms with Crippen molar-refractivity contribution in [3.63, 3.8) is 0 Å². The van der Waals surface area contributed by atoms with Gasteiger partial charge in [0.05, 0.1) is 12.7 Å². The second-order valence-electron chi connectivity index (χ2n) is 4.17. The van der Waals surface area contributed by atoms with Crippen molar-refractivity contribution in [2.75, 3.05) is 6.61 Å². The molecule has 12 heavy (non-hydrogen) atoms. The Labute approximate surface area is 75.2 Å². The van der Waals surface area contributed by atoms with Crippen LogP contribution >= 0.6 is 0 Å². The van der Waals surface area contributed by atoms with Crippen LogP contribution in [0.15, 0.2) is 0 Å². The Morgan fingerprint density at radius 2 is 2.17 bits per heavy atom. The SMILES string of the molecule is CCC1(C)OCC(CC(C)C)O1. The van der Waals surface area contributed by atoms with Crippen LogP contribution < -0.4 is 0 Å². The highest BCUT2D eigenvalue weighted by Crippen LogP contribution is 2.28. The van der Waals surface area contributed by atoms with Crippen molar-refractivity contribution < 1.29 is 9.47 Å². The topological polar surface area (TPSA) is 18.5 Å². The van der Waals surface area contributed by atoms with Gasteiger partial charge in [-0.25, -0.2) is 0 Å². The van der Waals surface area contributed by atoms with Crippen LogP contribution in [0.5, 0.6) is 0 Å². The first-order valence-electron chi connectivity index (χ1n) is 4.87. The lowest BCUT2D eigenvalue weighted by atomic mass is 10.1. The second-order valence-corrected chi connectivity index (χ2v) is 4.17. The summed E-state index contributed by atoms with van der Waals surface area (Å²) in [7, 11) is 0. The maximum Gasteiger partial charge on any atom is 0.165 e. The zero-order chi connectivity index (χ0) is 9.19. The molecule has 1 rings (SSSR count). The molecule has 2 unspecified atom stereocenters. The Hall–Kier alpha value is -0.0800. The van der Waals surface area contributed by atoms with E-state index in [1.807, 2.05) is 6.92 Å². The molecule has 2 atom stereocenters. The summed E-state index contributed by atoms with van der Waals surface area (Å²) in [6.45, 7) is 9.31. The van der Waals surface area contributed by atoms with Crippen molar-refractivity contribution in [1.82, 2.24) is 0 Å². The highest BCUT2D eigenvalue weighted by molar-refractivity contribution is 4.74. The number of ether oxygens (including phenoxy) is 2. The molecule has 1 aliphatic heterocycles. The molecular formula is C10H20O2. The van der Waals surface area contributed by atoms with Crippen molar-refractivity contribution in [2.45, 2.75) is 52.4 Å². The van der Waals surface area contributed by atoms with E-state index >= 15 is 0 Å². The Bertz CT molecular complexity index is 145. The van der Waals surface area contributed by atoms with Gasteiger partial charge >= 0.3 is 0 Å². The van der Waals surface area contributed by atoms with Crippen molar-refractivity contribution in [3.05, 3.63) is 0 Å². The smallest absolute Gasteiger partial charge is 0.165 e. The van der Waals surface area contributed by atoms with E-state index in [0.29, 0.717) is 12.0 Å². The molecule has 0 spiro atoms. The standard InChI is InChI=1S/C10H20O2/c1-5-10(4)11-7-9(12-10)6-8(2)3/h8-9H,5-7H2,1-4H3. The highest BCUT2D eigenvalue weighted by Gasteiger charge is 2.35. The molecule has 1 saturated heterocycles. The van der Waals surface area contributed by atoms with Gasteiger partial charge in [-0.1, -0.05) is 20.8 Å². The van der Waals surface area contributed by atoms with E-state index in [4.69, 9.17) is 9.47 Å². The maximum absolute atomic E-state index is 5.79. The second kappa shape index (κ2) is 3.75. The number of hydrogen-bond donors (Lipinski definition) is 0. The van der Waals surface area contributed by atoms with Crippen LogP contribution in [0.2, 0.25) is 0 Å². The summed E-state index contributed by atoms with van der Waals surface area (Å²) in [5, 5.41) is 0. The van der Waals surface area contributed by atoms with Gasteiger partial charge in [0.1, 0.15) is 0 Å². The highest BCUT2D eigenvalue weighted by atomic mass is 16.7. The van der Waals surface area contributed by atoms with E-state index in [2.05, 4.69) is 20.8 Å². The zero-order valence-corrected chi connectivity index (χ0v) is 8.59. The Morgan fingerprint density at radius 3 is 2.58 bits per heavy atom. The number of rotatable bonds is 3. The van der Waals surface area contributed by atoms with Gasteiger partial charge in [-0.3, -0.25) is 0 Å². The Morgan fingerprint density at radius 1 is 1.50 bits per heavy atom. The number of hydrogen-bond acceptors (Lipinski definition) is 2. The van der Waals surface area contributed by atoms with Gasteiger partial charge in [-0.15, -0.1) is 0 Å². The summed E-state index contributed by atoms with van der Waals surface area (Å²) >= 11 is 0. The predicted molar refractivity (Wildman–Crippen MR) is 49.0 cm³/mol. The van der Waals surface area contributed by atoms with Crippen LogP contribution in [0.4, 0.5) is 0 Å². The Balaban J connectivity index is 2.35. The summed E-state index contributed by atoms with van der Waals surface area (Å²) in [4.78, 5) is 0. The monoisotopic (exact) mass is 172 g/mol. The predicted octanol–water partition coefficient (Wildman–Crippen LogP) is 2.57. The van der Waals surface area contributed by atoms with Crippen LogP contribution in [-0.4, -0.2) is 18.5 Å². The van der Waals surface area contributed by atoms with Gasteiger partial charge < -0.3 is 9.47 Å². The fraction of sp³-hybridized carbons (Fsp3) is 1.00. The van der Waals surface area contributed by atoms with E-state index < -0.39 is 0 Å². The van der Waals surface area contributed by atoms with E-state index in [1.54, 1.807) is 0 Å². The molecule has 2 nitrogen and oxygen atoms in total. The third kappa shape index (κ3) is 2.46. The van der Waals surface area contributed by atoms with Crippen LogP contribution in [-0.2, 0) is 9.47 Å². The minimum absolute atomic E-state index is 0.306. The summed E-state index contributed by atoms with van der Waals surface area (Å²) < 4.78 is 11.4. The molecule has 72 valence electrons. The van der Waals surface area contributed by atoms with Gasteiger partial charge in [0.15, 0.2) is 5.79 Å². The van der Waals surface area contributed by atoms with E-state index in [0.717, 1.165) is 19.4 Å². The van der Waals surface area contributed by atoms with Gasteiger partial charge in [-0.2, -0.15) is 0 Å². The lowest BCUT2D eigenvalue weighted by Crippen LogP contribution is -2.25. The van der Waals surface area contributed by atoms with Crippen molar-refractivity contribution in [3.8, 4) is 0 Å². The maximum atomic E-state index is 5.79. The van der Waals surface area contributed by atoms with E-state index in [-0.39, 0.29) is 5.79 Å². The van der Waals surface area contributed by atoms with Gasteiger partial charge in [0, 0.05) is 0 Å². The van der Waals surface area contributed by atoms with E-state index in [9.17, 15) is 0 Å². The van der Waals surface area contributed by atoms with Crippen LogP contribution in [0.1, 0.15) is 40.5 Å². The fourth-order valence-corrected chi connectivity index (χ4v) is 1.52. The summed E-state index contributed by atoms with van der Waals surface area (Å²) in [6.07, 6.45) is 2.35. The first-order valence-corrected chi connectivity index (χ1v) is 4.87. The minimum Gasteiger partial charge on any atom is -0.348 e. The average molecular weight is 172 g/mol. The molecule has 2 heteroatoms. The molecule has 1 aliphatic rings. The molecule has 0 aromatic heterocycles. The molecular weight excluding hydrogens is 152 g/mol. The van der Waals surface area contributed by atoms with Gasteiger partial charge in [0.25, 0.3) is 0 Å². The fourth-order valence-electron chi connectivity index (χ4n) is 1.52. The summed E-state index contributed by atoms with van der Waals surface area (Å²) in [5.41, 5.74) is 0. The molecule has 1 heterocycles. The summed E-state index contributed by atoms with van der Waals surface area (Å²) in [5.74, 6) is 0.386. The lowest BCUT2D eigenvalue weighted by Gasteiger charge is -2.21. The normalized spacial score (nSPS) is 36.2. The quantitative estimate of drug-likeness (QED) is 0.651. The van der Waals surface area contributed by atoms with Crippen molar-refractivity contribution in [1.29, 1.82) is 0 Å².